The van der Waals surface area contributed by atoms with Gasteiger partial charge in [0, 0.05) is 44.1 Å². The van der Waals surface area contributed by atoms with Gasteiger partial charge in [-0.25, -0.2) is 9.78 Å². The molecule has 2 aromatic carbocycles. The summed E-state index contributed by atoms with van der Waals surface area (Å²) in [6.07, 6.45) is 1.53. The van der Waals surface area contributed by atoms with Crippen molar-refractivity contribution in [1.82, 2.24) is 14.3 Å². The number of amides is 2. The molecular weight excluding hydrogens is 426 g/mol. The molecule has 3 aromatic rings. The van der Waals surface area contributed by atoms with Crippen molar-refractivity contribution >= 4 is 28.4 Å². The first-order chi connectivity index (χ1) is 15.7. The Morgan fingerprint density at radius 2 is 1.94 bits per heavy atom. The minimum atomic E-state index is -0.118. The highest BCUT2D eigenvalue weighted by atomic mass is 32.1. The Kier molecular flexibility index (Phi) is 7.06. The van der Waals surface area contributed by atoms with E-state index >= 15 is 0 Å². The molecule has 1 aromatic heterocycles. The molecule has 1 aliphatic heterocycles. The summed E-state index contributed by atoms with van der Waals surface area (Å²) in [6, 6.07) is 15.3. The maximum atomic E-state index is 12.8. The van der Waals surface area contributed by atoms with Crippen LogP contribution in [0.4, 0.5) is 15.6 Å². The van der Waals surface area contributed by atoms with Gasteiger partial charge in [0.2, 0.25) is 5.13 Å². The number of carbonyl (C=O) groups is 1. The summed E-state index contributed by atoms with van der Waals surface area (Å²) in [6.45, 7) is 2.86. The molecule has 168 valence electrons. The summed E-state index contributed by atoms with van der Waals surface area (Å²) in [5.41, 5.74) is 1.79. The van der Waals surface area contributed by atoms with Crippen LogP contribution in [0.25, 0.3) is 0 Å². The van der Waals surface area contributed by atoms with Crippen molar-refractivity contribution in [2.75, 3.05) is 50.6 Å². The van der Waals surface area contributed by atoms with E-state index in [0.29, 0.717) is 37.5 Å². The van der Waals surface area contributed by atoms with Crippen molar-refractivity contribution in [2.45, 2.75) is 12.8 Å². The summed E-state index contributed by atoms with van der Waals surface area (Å²) in [5, 5.41) is 3.86. The number of hydrogen-bond acceptors (Lipinski definition) is 7. The molecule has 2 amide bonds. The highest BCUT2D eigenvalue weighted by Crippen LogP contribution is 2.25. The third-order valence-corrected chi connectivity index (χ3v) is 6.17. The van der Waals surface area contributed by atoms with Gasteiger partial charge in [-0.15, -0.1) is 0 Å². The number of ether oxygens (including phenoxy) is 2. The monoisotopic (exact) mass is 453 g/mol. The lowest BCUT2D eigenvalue weighted by molar-refractivity contribution is 0.215. The number of para-hydroxylation sites is 2. The number of anilines is 2. The van der Waals surface area contributed by atoms with Crippen molar-refractivity contribution in [3.63, 3.8) is 0 Å². The second kappa shape index (κ2) is 10.3. The molecule has 0 unspecified atom stereocenters. The molecule has 0 aliphatic carbocycles. The molecule has 8 nitrogen and oxygen atoms in total. The van der Waals surface area contributed by atoms with Gasteiger partial charge in [-0.05, 0) is 36.2 Å². The number of benzene rings is 2. The van der Waals surface area contributed by atoms with Gasteiger partial charge in [-0.3, -0.25) is 0 Å². The SMILES string of the molecule is COc1cccc(Cc2nsc(N3CCCN(C(=O)Nc4ccccc4OC)CC3)n2)c1. The number of nitrogens with zero attached hydrogens (tertiary/aromatic N) is 4. The van der Waals surface area contributed by atoms with Crippen LogP contribution in [0.15, 0.2) is 48.5 Å². The number of rotatable bonds is 6. The predicted octanol–water partition coefficient (Wildman–Crippen LogP) is 3.89. The van der Waals surface area contributed by atoms with E-state index in [1.165, 1.54) is 11.5 Å². The number of urea groups is 1. The number of methoxy groups -OCH3 is 2. The van der Waals surface area contributed by atoms with E-state index in [1.54, 1.807) is 14.2 Å². The average molecular weight is 454 g/mol. The zero-order valence-electron chi connectivity index (χ0n) is 18.3. The second-order valence-electron chi connectivity index (χ2n) is 7.48. The Labute approximate surface area is 192 Å². The third kappa shape index (κ3) is 5.28. The number of carbonyl (C=O) groups excluding carboxylic acids is 1. The van der Waals surface area contributed by atoms with Crippen molar-refractivity contribution in [3.05, 3.63) is 59.9 Å². The van der Waals surface area contributed by atoms with Gasteiger partial charge in [0.1, 0.15) is 17.3 Å². The Bertz CT molecular complexity index is 1060. The van der Waals surface area contributed by atoms with Crippen LogP contribution in [0, 0.1) is 0 Å². The first kappa shape index (κ1) is 21.9. The van der Waals surface area contributed by atoms with E-state index in [1.807, 2.05) is 53.4 Å². The number of nitrogens with one attached hydrogen (secondary N) is 1. The quantitative estimate of drug-likeness (QED) is 0.610. The lowest BCUT2D eigenvalue weighted by Crippen LogP contribution is -2.38. The largest absolute Gasteiger partial charge is 0.497 e. The fourth-order valence-electron chi connectivity index (χ4n) is 3.66. The molecule has 0 spiro atoms. The van der Waals surface area contributed by atoms with Gasteiger partial charge >= 0.3 is 6.03 Å². The Morgan fingerprint density at radius 1 is 1.06 bits per heavy atom. The summed E-state index contributed by atoms with van der Waals surface area (Å²) in [4.78, 5) is 21.6. The summed E-state index contributed by atoms with van der Waals surface area (Å²) < 4.78 is 15.2. The normalized spacial score (nSPS) is 14.1. The van der Waals surface area contributed by atoms with E-state index in [4.69, 9.17) is 14.5 Å². The number of hydrogen-bond donors (Lipinski definition) is 1. The van der Waals surface area contributed by atoms with E-state index in [0.717, 1.165) is 35.2 Å². The van der Waals surface area contributed by atoms with Gasteiger partial charge in [0.15, 0.2) is 0 Å². The van der Waals surface area contributed by atoms with Crippen molar-refractivity contribution in [3.8, 4) is 11.5 Å². The average Bonchev–Trinajstić information content (AvgIpc) is 3.13. The molecule has 1 fully saturated rings. The van der Waals surface area contributed by atoms with Crippen LogP contribution in [0.2, 0.25) is 0 Å². The fraction of sp³-hybridized carbons (Fsp3) is 0.348. The van der Waals surface area contributed by atoms with Crippen molar-refractivity contribution in [1.29, 1.82) is 0 Å². The van der Waals surface area contributed by atoms with Gasteiger partial charge in [0.05, 0.1) is 19.9 Å². The molecule has 0 saturated carbocycles. The van der Waals surface area contributed by atoms with Crippen LogP contribution in [-0.4, -0.2) is 60.7 Å². The molecule has 0 radical (unpaired) electrons. The smallest absolute Gasteiger partial charge is 0.322 e. The summed E-state index contributed by atoms with van der Waals surface area (Å²) in [5.74, 6) is 2.28. The van der Waals surface area contributed by atoms with Gasteiger partial charge in [0.25, 0.3) is 0 Å². The molecule has 1 N–H and O–H groups in total. The minimum absolute atomic E-state index is 0.118. The van der Waals surface area contributed by atoms with Gasteiger partial charge < -0.3 is 24.6 Å². The summed E-state index contributed by atoms with van der Waals surface area (Å²) >= 11 is 1.41. The zero-order chi connectivity index (χ0) is 22.3. The van der Waals surface area contributed by atoms with Crippen LogP contribution < -0.4 is 19.7 Å². The zero-order valence-corrected chi connectivity index (χ0v) is 19.1. The third-order valence-electron chi connectivity index (χ3n) is 5.36. The second-order valence-corrected chi connectivity index (χ2v) is 8.21. The molecule has 32 heavy (non-hydrogen) atoms. The standard InChI is InChI=1S/C23H27N5O3S/c1-30-18-8-5-7-17(15-18)16-21-25-23(32-26-21)28-12-6-11-27(13-14-28)22(29)24-19-9-3-4-10-20(19)31-2/h3-5,7-10,15H,6,11-14,16H2,1-2H3,(H,24,29). The molecule has 1 aliphatic rings. The maximum Gasteiger partial charge on any atom is 0.322 e. The Morgan fingerprint density at radius 3 is 2.78 bits per heavy atom. The molecule has 0 bridgehead atoms. The minimum Gasteiger partial charge on any atom is -0.497 e. The van der Waals surface area contributed by atoms with Crippen LogP contribution in [0.3, 0.4) is 0 Å². The molecule has 1 saturated heterocycles. The highest BCUT2D eigenvalue weighted by Gasteiger charge is 2.22. The van der Waals surface area contributed by atoms with Gasteiger partial charge in [-0.2, -0.15) is 4.37 Å². The van der Waals surface area contributed by atoms with Crippen LogP contribution >= 0.6 is 11.5 Å². The Hall–Kier alpha value is -3.33. The van der Waals surface area contributed by atoms with E-state index in [9.17, 15) is 4.79 Å². The van der Waals surface area contributed by atoms with E-state index < -0.39 is 0 Å². The van der Waals surface area contributed by atoms with Crippen LogP contribution in [-0.2, 0) is 6.42 Å². The first-order valence-electron chi connectivity index (χ1n) is 10.6. The van der Waals surface area contributed by atoms with Crippen LogP contribution in [0.5, 0.6) is 11.5 Å². The fourth-order valence-corrected chi connectivity index (χ4v) is 4.40. The van der Waals surface area contributed by atoms with Crippen molar-refractivity contribution in [2.24, 2.45) is 0 Å². The lowest BCUT2D eigenvalue weighted by Gasteiger charge is -2.22. The van der Waals surface area contributed by atoms with Gasteiger partial charge in [-0.1, -0.05) is 24.3 Å². The van der Waals surface area contributed by atoms with E-state index in [-0.39, 0.29) is 6.03 Å². The first-order valence-corrected chi connectivity index (χ1v) is 11.3. The van der Waals surface area contributed by atoms with Crippen LogP contribution in [0.1, 0.15) is 17.8 Å². The Balaban J connectivity index is 1.35. The lowest BCUT2D eigenvalue weighted by atomic mass is 10.1. The molecular formula is C23H27N5O3S. The maximum absolute atomic E-state index is 12.8. The molecule has 9 heteroatoms. The molecule has 4 rings (SSSR count). The highest BCUT2D eigenvalue weighted by molar-refractivity contribution is 7.09. The molecule has 2 heterocycles. The molecule has 0 atom stereocenters. The predicted molar refractivity (Wildman–Crippen MR) is 126 cm³/mol. The topological polar surface area (TPSA) is 79.8 Å². The van der Waals surface area contributed by atoms with E-state index in [2.05, 4.69) is 14.6 Å². The number of aromatic nitrogens is 2. The van der Waals surface area contributed by atoms with Crippen molar-refractivity contribution < 1.29 is 14.3 Å². The summed E-state index contributed by atoms with van der Waals surface area (Å²) in [7, 11) is 3.26.